The standard InChI is InChI=1S/C28H29N5O6/c1-37-24-17-22(29-19-8-4-3-7-18(19)24)26(35)30-21(11-12-25(34)38-2)27(36)32-13-15-33(16-14-32)28-31-20-9-5-6-10-23(20)39-28/h3-10,17,21H,11-16H2,1-2H3,(H,30,35). The van der Waals surface area contributed by atoms with E-state index in [2.05, 4.69) is 15.3 Å². The maximum Gasteiger partial charge on any atom is 0.305 e. The van der Waals surface area contributed by atoms with Gasteiger partial charge in [0.25, 0.3) is 11.9 Å². The fourth-order valence-corrected chi connectivity index (χ4v) is 4.62. The first kappa shape index (κ1) is 26.0. The van der Waals surface area contributed by atoms with Crippen LogP contribution in [0.1, 0.15) is 23.3 Å². The minimum atomic E-state index is -0.938. The van der Waals surface area contributed by atoms with Gasteiger partial charge in [-0.05, 0) is 30.7 Å². The molecule has 2 amide bonds. The first-order valence-corrected chi connectivity index (χ1v) is 12.7. The molecular weight excluding hydrogens is 502 g/mol. The minimum Gasteiger partial charge on any atom is -0.496 e. The molecule has 1 aliphatic heterocycles. The van der Waals surface area contributed by atoms with Crippen molar-refractivity contribution in [2.45, 2.75) is 18.9 Å². The third-order valence-electron chi connectivity index (χ3n) is 6.74. The van der Waals surface area contributed by atoms with Crippen molar-refractivity contribution in [3.8, 4) is 5.75 Å². The number of nitrogens with one attached hydrogen (secondary N) is 1. The fourth-order valence-electron chi connectivity index (χ4n) is 4.62. The largest absolute Gasteiger partial charge is 0.496 e. The molecule has 3 heterocycles. The highest BCUT2D eigenvalue weighted by atomic mass is 16.5. The second-order valence-corrected chi connectivity index (χ2v) is 9.14. The Morgan fingerprint density at radius 3 is 2.41 bits per heavy atom. The summed E-state index contributed by atoms with van der Waals surface area (Å²) in [6.45, 7) is 1.84. The topological polar surface area (TPSA) is 127 Å². The van der Waals surface area contributed by atoms with Gasteiger partial charge in [-0.1, -0.05) is 24.3 Å². The summed E-state index contributed by atoms with van der Waals surface area (Å²) in [5.74, 6) is -0.781. The number of hydrogen-bond donors (Lipinski definition) is 1. The Morgan fingerprint density at radius 1 is 0.974 bits per heavy atom. The zero-order chi connectivity index (χ0) is 27.4. The highest BCUT2D eigenvalue weighted by Crippen LogP contribution is 2.25. The monoisotopic (exact) mass is 531 g/mol. The van der Waals surface area contributed by atoms with Gasteiger partial charge in [0.1, 0.15) is 23.0 Å². The van der Waals surface area contributed by atoms with E-state index in [1.807, 2.05) is 47.4 Å². The molecule has 11 nitrogen and oxygen atoms in total. The van der Waals surface area contributed by atoms with Gasteiger partial charge < -0.3 is 29.0 Å². The number of hydrogen-bond acceptors (Lipinski definition) is 9. The number of carbonyl (C=O) groups excluding carboxylic acids is 3. The maximum atomic E-state index is 13.5. The average Bonchev–Trinajstić information content (AvgIpc) is 3.42. The Morgan fingerprint density at radius 2 is 1.69 bits per heavy atom. The Labute approximate surface area is 224 Å². The van der Waals surface area contributed by atoms with E-state index in [4.69, 9.17) is 13.9 Å². The van der Waals surface area contributed by atoms with E-state index in [1.54, 1.807) is 17.0 Å². The number of methoxy groups -OCH3 is 2. The summed E-state index contributed by atoms with van der Waals surface area (Å²) < 4.78 is 16.1. The molecule has 4 aromatic rings. The van der Waals surface area contributed by atoms with E-state index >= 15 is 0 Å². The van der Waals surface area contributed by atoms with Crippen LogP contribution in [0.4, 0.5) is 6.01 Å². The van der Waals surface area contributed by atoms with Crippen LogP contribution in [0.3, 0.4) is 0 Å². The zero-order valence-electron chi connectivity index (χ0n) is 21.8. The summed E-state index contributed by atoms with van der Waals surface area (Å²) in [6, 6.07) is 16.0. The lowest BCUT2D eigenvalue weighted by Crippen LogP contribution is -2.55. The van der Waals surface area contributed by atoms with Gasteiger partial charge in [-0.3, -0.25) is 14.4 Å². The minimum absolute atomic E-state index is 0.0233. The van der Waals surface area contributed by atoms with Crippen molar-refractivity contribution in [2.24, 2.45) is 0 Å². The molecule has 39 heavy (non-hydrogen) atoms. The van der Waals surface area contributed by atoms with Crippen LogP contribution in [-0.4, -0.2) is 79.1 Å². The summed E-state index contributed by atoms with van der Waals surface area (Å²) in [5, 5.41) is 3.56. The highest BCUT2D eigenvalue weighted by Gasteiger charge is 2.31. The van der Waals surface area contributed by atoms with Gasteiger partial charge in [-0.15, -0.1) is 0 Å². The average molecular weight is 532 g/mol. The molecular formula is C28H29N5O6. The Balaban J connectivity index is 1.29. The summed E-state index contributed by atoms with van der Waals surface area (Å²) in [5.41, 5.74) is 2.18. The van der Waals surface area contributed by atoms with E-state index in [0.717, 1.165) is 10.9 Å². The number of amides is 2. The first-order chi connectivity index (χ1) is 19.0. The van der Waals surface area contributed by atoms with Crippen LogP contribution in [0.5, 0.6) is 5.75 Å². The van der Waals surface area contributed by atoms with Crippen molar-refractivity contribution in [1.82, 2.24) is 20.2 Å². The molecule has 2 aromatic carbocycles. The van der Waals surface area contributed by atoms with Crippen LogP contribution >= 0.6 is 0 Å². The number of carbonyl (C=O) groups is 3. The van der Waals surface area contributed by atoms with Crippen molar-refractivity contribution >= 4 is 45.8 Å². The number of esters is 1. The normalized spacial score (nSPS) is 14.3. The van der Waals surface area contributed by atoms with Gasteiger partial charge in [0.15, 0.2) is 5.58 Å². The van der Waals surface area contributed by atoms with Gasteiger partial charge in [0, 0.05) is 44.1 Å². The van der Waals surface area contributed by atoms with Crippen molar-refractivity contribution < 1.29 is 28.3 Å². The molecule has 0 saturated carbocycles. The SMILES string of the molecule is COC(=O)CCC(NC(=O)c1cc(OC)c2ccccc2n1)C(=O)N1CCN(c2nc3ccccc3o2)CC1. The van der Waals surface area contributed by atoms with Crippen LogP contribution in [-0.2, 0) is 14.3 Å². The van der Waals surface area contributed by atoms with Crippen LogP contribution in [0.2, 0.25) is 0 Å². The van der Waals surface area contributed by atoms with E-state index in [1.165, 1.54) is 14.2 Å². The molecule has 1 atom stereocenters. The van der Waals surface area contributed by atoms with Gasteiger partial charge in [-0.25, -0.2) is 4.98 Å². The Kier molecular flexibility index (Phi) is 7.57. The number of rotatable bonds is 8. The Bertz CT molecular complexity index is 1480. The van der Waals surface area contributed by atoms with Gasteiger partial charge in [0.05, 0.1) is 19.7 Å². The number of para-hydroxylation sites is 3. The molecule has 1 unspecified atom stereocenters. The van der Waals surface area contributed by atoms with Gasteiger partial charge in [0.2, 0.25) is 5.91 Å². The van der Waals surface area contributed by atoms with Crippen LogP contribution < -0.4 is 15.0 Å². The van der Waals surface area contributed by atoms with E-state index in [0.29, 0.717) is 49.0 Å². The summed E-state index contributed by atoms with van der Waals surface area (Å²) in [7, 11) is 2.81. The van der Waals surface area contributed by atoms with E-state index in [-0.39, 0.29) is 24.4 Å². The molecule has 11 heteroatoms. The predicted molar refractivity (Wildman–Crippen MR) is 144 cm³/mol. The number of pyridine rings is 1. The number of anilines is 1. The number of fused-ring (bicyclic) bond motifs is 2. The number of aromatic nitrogens is 2. The maximum absolute atomic E-state index is 13.5. The Hall–Kier alpha value is -4.67. The molecule has 0 bridgehead atoms. The molecule has 1 saturated heterocycles. The van der Waals surface area contributed by atoms with Crippen LogP contribution in [0.25, 0.3) is 22.0 Å². The van der Waals surface area contributed by atoms with Crippen LogP contribution in [0, 0.1) is 0 Å². The first-order valence-electron chi connectivity index (χ1n) is 12.7. The molecule has 0 aliphatic carbocycles. The number of oxazole rings is 1. The summed E-state index contributed by atoms with van der Waals surface area (Å²) in [4.78, 5) is 51.3. The molecule has 0 spiro atoms. The van der Waals surface area contributed by atoms with Crippen molar-refractivity contribution in [1.29, 1.82) is 0 Å². The molecule has 1 aliphatic rings. The molecule has 5 rings (SSSR count). The highest BCUT2D eigenvalue weighted by molar-refractivity contribution is 5.99. The fraction of sp³-hybridized carbons (Fsp3) is 0.321. The van der Waals surface area contributed by atoms with Crippen molar-refractivity contribution in [3.05, 3.63) is 60.3 Å². The zero-order valence-corrected chi connectivity index (χ0v) is 21.8. The molecule has 1 fully saturated rings. The third kappa shape index (κ3) is 5.62. The summed E-state index contributed by atoms with van der Waals surface area (Å²) >= 11 is 0. The predicted octanol–water partition coefficient (Wildman–Crippen LogP) is 2.79. The quantitative estimate of drug-likeness (QED) is 0.342. The second-order valence-electron chi connectivity index (χ2n) is 9.14. The molecule has 2 aromatic heterocycles. The lowest BCUT2D eigenvalue weighted by Gasteiger charge is -2.35. The van der Waals surface area contributed by atoms with E-state index < -0.39 is 17.9 Å². The van der Waals surface area contributed by atoms with E-state index in [9.17, 15) is 14.4 Å². The number of ether oxygens (including phenoxy) is 2. The molecule has 202 valence electrons. The lowest BCUT2D eigenvalue weighted by atomic mass is 10.1. The van der Waals surface area contributed by atoms with Crippen molar-refractivity contribution in [3.63, 3.8) is 0 Å². The molecule has 1 N–H and O–H groups in total. The summed E-state index contributed by atoms with van der Waals surface area (Å²) in [6.07, 6.45) is 0.0673. The van der Waals surface area contributed by atoms with Gasteiger partial charge >= 0.3 is 5.97 Å². The lowest BCUT2D eigenvalue weighted by molar-refractivity contribution is -0.141. The number of benzene rings is 2. The van der Waals surface area contributed by atoms with Gasteiger partial charge in [-0.2, -0.15) is 4.98 Å². The third-order valence-corrected chi connectivity index (χ3v) is 6.74. The smallest absolute Gasteiger partial charge is 0.305 e. The van der Waals surface area contributed by atoms with Crippen LogP contribution in [0.15, 0.2) is 59.0 Å². The number of piperazine rings is 1. The number of nitrogens with zero attached hydrogens (tertiary/aromatic N) is 4. The second kappa shape index (κ2) is 11.4. The van der Waals surface area contributed by atoms with Crippen molar-refractivity contribution in [2.75, 3.05) is 45.3 Å². The molecule has 0 radical (unpaired) electrons.